The molecule has 0 spiro atoms. The zero-order valence-electron chi connectivity index (χ0n) is 7.24. The molecule has 0 bridgehead atoms. The van der Waals surface area contributed by atoms with Crippen LogP contribution in [0.3, 0.4) is 0 Å². The van der Waals surface area contributed by atoms with Gasteiger partial charge in [0.1, 0.15) is 0 Å². The van der Waals surface area contributed by atoms with Crippen LogP contribution in [0.15, 0.2) is 0 Å². The van der Waals surface area contributed by atoms with Gasteiger partial charge in [-0.2, -0.15) is 0 Å². The van der Waals surface area contributed by atoms with Crippen molar-refractivity contribution < 1.29 is 0 Å². The maximum Gasteiger partial charge on any atom is 0.0367 e. The van der Waals surface area contributed by atoms with Gasteiger partial charge in [-0.05, 0) is 18.9 Å². The standard InChI is InChI=1S/C8H17Br2N/c1-7(2)3-4-11-6-8(10)5-9/h7-8,11H,3-6H2,1-2H3. The Morgan fingerprint density at radius 3 is 2.45 bits per heavy atom. The molecular weight excluding hydrogens is 270 g/mol. The van der Waals surface area contributed by atoms with E-state index in [1.807, 2.05) is 0 Å². The van der Waals surface area contributed by atoms with E-state index in [4.69, 9.17) is 0 Å². The van der Waals surface area contributed by atoms with Crippen molar-refractivity contribution in [2.75, 3.05) is 18.4 Å². The molecule has 1 unspecified atom stereocenters. The van der Waals surface area contributed by atoms with Crippen LogP contribution in [0.5, 0.6) is 0 Å². The van der Waals surface area contributed by atoms with Crippen molar-refractivity contribution in [3.05, 3.63) is 0 Å². The van der Waals surface area contributed by atoms with Gasteiger partial charge in [0.05, 0.1) is 0 Å². The van der Waals surface area contributed by atoms with Crippen molar-refractivity contribution in [3.8, 4) is 0 Å². The first kappa shape index (κ1) is 11.9. The van der Waals surface area contributed by atoms with Crippen LogP contribution in [0.4, 0.5) is 0 Å². The van der Waals surface area contributed by atoms with Crippen molar-refractivity contribution in [2.24, 2.45) is 5.92 Å². The Morgan fingerprint density at radius 2 is 2.00 bits per heavy atom. The second-order valence-electron chi connectivity index (χ2n) is 3.14. The predicted molar refractivity (Wildman–Crippen MR) is 58.8 cm³/mol. The van der Waals surface area contributed by atoms with Crippen LogP contribution in [0.1, 0.15) is 20.3 Å². The van der Waals surface area contributed by atoms with E-state index in [0.29, 0.717) is 4.83 Å². The summed E-state index contributed by atoms with van der Waals surface area (Å²) in [4.78, 5) is 0.565. The maximum absolute atomic E-state index is 3.53. The lowest BCUT2D eigenvalue weighted by atomic mass is 10.1. The second kappa shape index (κ2) is 7.56. The molecule has 0 saturated carbocycles. The Kier molecular flexibility index (Phi) is 8.20. The molecule has 11 heavy (non-hydrogen) atoms. The van der Waals surface area contributed by atoms with Crippen LogP contribution >= 0.6 is 31.9 Å². The molecule has 0 aromatic carbocycles. The van der Waals surface area contributed by atoms with Gasteiger partial charge in [-0.1, -0.05) is 45.7 Å². The molecule has 1 atom stereocenters. The Hall–Kier alpha value is 0.920. The van der Waals surface area contributed by atoms with Crippen LogP contribution in [-0.2, 0) is 0 Å². The predicted octanol–water partition coefficient (Wildman–Crippen LogP) is 2.78. The summed E-state index contributed by atoms with van der Waals surface area (Å²) in [5.74, 6) is 0.806. The van der Waals surface area contributed by atoms with Gasteiger partial charge in [0.15, 0.2) is 0 Å². The van der Waals surface area contributed by atoms with Gasteiger partial charge in [-0.15, -0.1) is 0 Å². The number of hydrogen-bond acceptors (Lipinski definition) is 1. The Labute approximate surface area is 86.6 Å². The average Bonchev–Trinajstić information content (AvgIpc) is 1.97. The van der Waals surface area contributed by atoms with E-state index in [1.54, 1.807) is 0 Å². The first-order valence-electron chi connectivity index (χ1n) is 4.07. The van der Waals surface area contributed by atoms with Crippen LogP contribution < -0.4 is 5.32 Å². The SMILES string of the molecule is CC(C)CCNCC(Br)CBr. The Morgan fingerprint density at radius 1 is 1.36 bits per heavy atom. The summed E-state index contributed by atoms with van der Waals surface area (Å²) in [5.41, 5.74) is 0. The van der Waals surface area contributed by atoms with E-state index >= 15 is 0 Å². The van der Waals surface area contributed by atoms with Crippen LogP contribution in [0.25, 0.3) is 0 Å². The lowest BCUT2D eigenvalue weighted by Gasteiger charge is -2.08. The summed E-state index contributed by atoms with van der Waals surface area (Å²) in [6, 6.07) is 0. The normalized spacial score (nSPS) is 13.9. The monoisotopic (exact) mass is 285 g/mol. The zero-order chi connectivity index (χ0) is 8.69. The number of hydrogen-bond donors (Lipinski definition) is 1. The highest BCUT2D eigenvalue weighted by Crippen LogP contribution is 2.02. The van der Waals surface area contributed by atoms with Crippen molar-refractivity contribution in [1.29, 1.82) is 0 Å². The molecule has 0 amide bonds. The van der Waals surface area contributed by atoms with Crippen LogP contribution in [0.2, 0.25) is 0 Å². The van der Waals surface area contributed by atoms with Gasteiger partial charge in [-0.3, -0.25) is 0 Å². The first-order valence-corrected chi connectivity index (χ1v) is 6.11. The van der Waals surface area contributed by atoms with Crippen molar-refractivity contribution in [2.45, 2.75) is 25.1 Å². The maximum atomic E-state index is 3.53. The van der Waals surface area contributed by atoms with Gasteiger partial charge in [-0.25, -0.2) is 0 Å². The quantitative estimate of drug-likeness (QED) is 0.585. The van der Waals surface area contributed by atoms with E-state index in [2.05, 4.69) is 51.0 Å². The van der Waals surface area contributed by atoms with E-state index in [1.165, 1.54) is 6.42 Å². The summed E-state index contributed by atoms with van der Waals surface area (Å²) >= 11 is 6.94. The summed E-state index contributed by atoms with van der Waals surface area (Å²) in [5, 5.41) is 4.41. The highest BCUT2D eigenvalue weighted by atomic mass is 79.9. The van der Waals surface area contributed by atoms with E-state index in [9.17, 15) is 0 Å². The minimum atomic E-state index is 0.565. The number of alkyl halides is 2. The lowest BCUT2D eigenvalue weighted by Crippen LogP contribution is -2.25. The topological polar surface area (TPSA) is 12.0 Å². The molecule has 0 heterocycles. The largest absolute Gasteiger partial charge is 0.316 e. The molecular formula is C8H17Br2N. The molecule has 3 heteroatoms. The highest BCUT2D eigenvalue weighted by molar-refractivity contribution is 9.12. The molecule has 0 aliphatic rings. The third kappa shape index (κ3) is 8.83. The van der Waals surface area contributed by atoms with E-state index < -0.39 is 0 Å². The molecule has 0 aliphatic heterocycles. The molecule has 0 saturated heterocycles. The summed E-state index contributed by atoms with van der Waals surface area (Å²) in [6.45, 7) is 6.68. The smallest absolute Gasteiger partial charge is 0.0367 e. The fourth-order valence-corrected chi connectivity index (χ4v) is 1.16. The molecule has 0 fully saturated rings. The van der Waals surface area contributed by atoms with Crippen LogP contribution in [0, 0.1) is 5.92 Å². The van der Waals surface area contributed by atoms with Gasteiger partial charge < -0.3 is 5.32 Å². The molecule has 0 radical (unpaired) electrons. The fraction of sp³-hybridized carbons (Fsp3) is 1.00. The minimum absolute atomic E-state index is 0.565. The van der Waals surface area contributed by atoms with Crippen molar-refractivity contribution in [1.82, 2.24) is 5.32 Å². The third-order valence-electron chi connectivity index (χ3n) is 1.43. The molecule has 0 rings (SSSR count). The Bertz CT molecular complexity index is 86.2. The van der Waals surface area contributed by atoms with Gasteiger partial charge >= 0.3 is 0 Å². The summed E-state index contributed by atoms with van der Waals surface area (Å²) < 4.78 is 0. The fourth-order valence-electron chi connectivity index (χ4n) is 0.704. The van der Waals surface area contributed by atoms with Gasteiger partial charge in [0.25, 0.3) is 0 Å². The lowest BCUT2D eigenvalue weighted by molar-refractivity contribution is 0.540. The zero-order valence-corrected chi connectivity index (χ0v) is 10.4. The summed E-state index contributed by atoms with van der Waals surface area (Å²) in [7, 11) is 0. The molecule has 1 N–H and O–H groups in total. The number of nitrogens with one attached hydrogen (secondary N) is 1. The first-order chi connectivity index (χ1) is 5.16. The van der Waals surface area contributed by atoms with E-state index in [0.717, 1.165) is 24.3 Å². The van der Waals surface area contributed by atoms with Crippen molar-refractivity contribution in [3.63, 3.8) is 0 Å². The van der Waals surface area contributed by atoms with Crippen molar-refractivity contribution >= 4 is 31.9 Å². The van der Waals surface area contributed by atoms with E-state index in [-0.39, 0.29) is 0 Å². The summed E-state index contributed by atoms with van der Waals surface area (Å²) in [6.07, 6.45) is 1.27. The third-order valence-corrected chi connectivity index (χ3v) is 3.73. The molecule has 68 valence electrons. The number of halogens is 2. The molecule has 0 aliphatic carbocycles. The van der Waals surface area contributed by atoms with Gasteiger partial charge in [0, 0.05) is 16.7 Å². The van der Waals surface area contributed by atoms with Gasteiger partial charge in [0.2, 0.25) is 0 Å². The number of rotatable bonds is 6. The minimum Gasteiger partial charge on any atom is -0.316 e. The molecule has 0 aromatic heterocycles. The highest BCUT2D eigenvalue weighted by Gasteiger charge is 2.00. The van der Waals surface area contributed by atoms with Crippen LogP contribution in [-0.4, -0.2) is 23.2 Å². The average molecular weight is 287 g/mol. The Balaban J connectivity index is 3.01. The molecule has 1 nitrogen and oxygen atoms in total. The second-order valence-corrected chi connectivity index (χ2v) is 5.08. The molecule has 0 aromatic rings.